The van der Waals surface area contributed by atoms with Crippen molar-refractivity contribution in [2.45, 2.75) is 6.04 Å². The molecule has 0 fully saturated rings. The van der Waals surface area contributed by atoms with Crippen LogP contribution < -0.4 is 20.1 Å². The van der Waals surface area contributed by atoms with Crippen molar-refractivity contribution in [2.24, 2.45) is 0 Å². The maximum atomic E-state index is 12.6. The maximum absolute atomic E-state index is 12.6. The average Bonchev–Trinajstić information content (AvgIpc) is 2.67. The predicted octanol–water partition coefficient (Wildman–Crippen LogP) is 1.82. The van der Waals surface area contributed by atoms with Gasteiger partial charge in [0, 0.05) is 11.8 Å². The molecule has 0 bridgehead atoms. The Balaban J connectivity index is 1.57. The normalized spacial score (nSPS) is 13.7. The van der Waals surface area contributed by atoms with Crippen LogP contribution in [0.3, 0.4) is 0 Å². The van der Waals surface area contributed by atoms with Crippen molar-refractivity contribution in [1.82, 2.24) is 10.2 Å². The molecule has 27 heavy (non-hydrogen) atoms. The van der Waals surface area contributed by atoms with Gasteiger partial charge < -0.3 is 20.1 Å². The molecule has 3 rings (SSSR count). The van der Waals surface area contributed by atoms with Gasteiger partial charge in [-0.25, -0.2) is 0 Å². The third-order valence-corrected chi connectivity index (χ3v) is 4.13. The Bertz CT molecular complexity index is 808. The van der Waals surface area contributed by atoms with Gasteiger partial charge in [-0.2, -0.15) is 0 Å². The summed E-state index contributed by atoms with van der Waals surface area (Å²) in [5, 5.41) is 5.45. The number of nitrogens with zero attached hydrogens (tertiary/aromatic N) is 1. The second-order valence-electron chi connectivity index (χ2n) is 6.40. The van der Waals surface area contributed by atoms with Crippen molar-refractivity contribution < 1.29 is 19.1 Å². The smallest absolute Gasteiger partial charge is 0.243 e. The lowest BCUT2D eigenvalue weighted by molar-refractivity contribution is -0.127. The minimum Gasteiger partial charge on any atom is -0.486 e. The minimum atomic E-state index is -0.465. The largest absolute Gasteiger partial charge is 0.486 e. The first-order valence-electron chi connectivity index (χ1n) is 8.73. The van der Waals surface area contributed by atoms with E-state index in [0.717, 1.165) is 5.56 Å². The van der Waals surface area contributed by atoms with Gasteiger partial charge >= 0.3 is 0 Å². The van der Waals surface area contributed by atoms with Crippen LogP contribution in [0.1, 0.15) is 11.6 Å². The van der Waals surface area contributed by atoms with E-state index in [4.69, 9.17) is 9.47 Å². The van der Waals surface area contributed by atoms with Crippen LogP contribution in [0.15, 0.2) is 48.5 Å². The fraction of sp³-hybridized carbons (Fsp3) is 0.300. The molecule has 2 N–H and O–H groups in total. The Labute approximate surface area is 158 Å². The fourth-order valence-electron chi connectivity index (χ4n) is 2.91. The first-order valence-corrected chi connectivity index (χ1v) is 8.73. The van der Waals surface area contributed by atoms with Crippen molar-refractivity contribution in [3.05, 3.63) is 54.1 Å². The number of hydrogen-bond donors (Lipinski definition) is 2. The molecule has 0 aromatic heterocycles. The highest BCUT2D eigenvalue weighted by Crippen LogP contribution is 2.32. The Morgan fingerprint density at radius 1 is 1.04 bits per heavy atom. The van der Waals surface area contributed by atoms with Gasteiger partial charge in [0.25, 0.3) is 0 Å². The number of fused-ring (bicyclic) bond motifs is 1. The molecule has 1 aliphatic rings. The summed E-state index contributed by atoms with van der Waals surface area (Å²) >= 11 is 0. The Morgan fingerprint density at radius 2 is 1.74 bits per heavy atom. The number of carbonyl (C=O) groups excluding carboxylic acids is 2. The summed E-state index contributed by atoms with van der Waals surface area (Å²) in [7, 11) is 3.65. The zero-order valence-corrected chi connectivity index (χ0v) is 15.4. The molecule has 0 saturated carbocycles. The molecule has 7 heteroatoms. The number of amides is 2. The molecule has 1 unspecified atom stereocenters. The number of ether oxygens (including phenoxy) is 2. The van der Waals surface area contributed by atoms with Gasteiger partial charge in [0.15, 0.2) is 11.5 Å². The van der Waals surface area contributed by atoms with Gasteiger partial charge in [0.2, 0.25) is 11.8 Å². The monoisotopic (exact) mass is 369 g/mol. The van der Waals surface area contributed by atoms with Crippen molar-refractivity contribution in [3.63, 3.8) is 0 Å². The highest BCUT2D eigenvalue weighted by atomic mass is 16.6. The van der Waals surface area contributed by atoms with E-state index in [1.807, 2.05) is 49.3 Å². The Hall–Kier alpha value is -3.06. The number of anilines is 1. The van der Waals surface area contributed by atoms with E-state index in [-0.39, 0.29) is 18.4 Å². The van der Waals surface area contributed by atoms with E-state index in [0.29, 0.717) is 30.4 Å². The number of likely N-dealkylation sites (N-methyl/N-ethyl adjacent to an activating group) is 1. The van der Waals surface area contributed by atoms with Crippen LogP contribution in [0.5, 0.6) is 11.5 Å². The molecule has 2 amide bonds. The molecule has 2 aromatic rings. The maximum Gasteiger partial charge on any atom is 0.243 e. The van der Waals surface area contributed by atoms with E-state index in [9.17, 15) is 9.59 Å². The molecule has 0 saturated heterocycles. The number of benzene rings is 2. The number of nitrogens with one attached hydrogen (secondary N) is 2. The summed E-state index contributed by atoms with van der Waals surface area (Å²) in [4.78, 5) is 26.6. The zero-order chi connectivity index (χ0) is 19.2. The summed E-state index contributed by atoms with van der Waals surface area (Å²) in [6.45, 7) is 0.871. The van der Waals surface area contributed by atoms with E-state index in [2.05, 4.69) is 10.6 Å². The van der Waals surface area contributed by atoms with Crippen LogP contribution in [0, 0.1) is 0 Å². The van der Waals surface area contributed by atoms with Gasteiger partial charge in [-0.3, -0.25) is 14.5 Å². The van der Waals surface area contributed by atoms with Gasteiger partial charge in [-0.05, 0) is 31.8 Å². The van der Waals surface area contributed by atoms with Crippen LogP contribution in [0.2, 0.25) is 0 Å². The summed E-state index contributed by atoms with van der Waals surface area (Å²) in [6.07, 6.45) is 0. The SMILES string of the molecule is CN(C)C(C(=O)NCC(=O)Nc1ccc2c(c1)OCCO2)c1ccccc1. The van der Waals surface area contributed by atoms with Gasteiger partial charge in [0.1, 0.15) is 19.3 Å². The highest BCUT2D eigenvalue weighted by molar-refractivity contribution is 5.95. The van der Waals surface area contributed by atoms with Crippen LogP contribution in [0.25, 0.3) is 0 Å². The second-order valence-corrected chi connectivity index (χ2v) is 6.40. The van der Waals surface area contributed by atoms with Gasteiger partial charge in [-0.1, -0.05) is 30.3 Å². The quantitative estimate of drug-likeness (QED) is 0.812. The fourth-order valence-corrected chi connectivity index (χ4v) is 2.91. The van der Waals surface area contributed by atoms with Crippen LogP contribution in [0.4, 0.5) is 5.69 Å². The molecule has 1 atom stereocenters. The lowest BCUT2D eigenvalue weighted by atomic mass is 10.1. The zero-order valence-electron chi connectivity index (χ0n) is 15.4. The van der Waals surface area contributed by atoms with Crippen molar-refractivity contribution in [2.75, 3.05) is 39.2 Å². The number of hydrogen-bond acceptors (Lipinski definition) is 5. The Kier molecular flexibility index (Phi) is 5.93. The van der Waals surface area contributed by atoms with E-state index >= 15 is 0 Å². The first kappa shape index (κ1) is 18.7. The molecule has 1 aliphatic heterocycles. The van der Waals surface area contributed by atoms with Gasteiger partial charge in [0.05, 0.1) is 6.54 Å². The molecule has 7 nitrogen and oxygen atoms in total. The van der Waals surface area contributed by atoms with Crippen LogP contribution >= 0.6 is 0 Å². The average molecular weight is 369 g/mol. The van der Waals surface area contributed by atoms with E-state index < -0.39 is 6.04 Å². The van der Waals surface area contributed by atoms with Crippen LogP contribution in [-0.4, -0.2) is 50.6 Å². The predicted molar refractivity (Wildman–Crippen MR) is 102 cm³/mol. The minimum absolute atomic E-state index is 0.121. The Morgan fingerprint density at radius 3 is 2.44 bits per heavy atom. The molecule has 1 heterocycles. The topological polar surface area (TPSA) is 79.9 Å². The summed E-state index contributed by atoms with van der Waals surface area (Å²) in [5.74, 6) is 0.707. The summed E-state index contributed by atoms with van der Waals surface area (Å²) in [6, 6.07) is 14.2. The standard InChI is InChI=1S/C20H23N3O4/c1-23(2)19(14-6-4-3-5-7-14)20(25)21-13-18(24)22-15-8-9-16-17(12-15)27-11-10-26-16/h3-9,12,19H,10-11,13H2,1-2H3,(H,21,25)(H,22,24). The van der Waals surface area contributed by atoms with Crippen molar-refractivity contribution >= 4 is 17.5 Å². The summed E-state index contributed by atoms with van der Waals surface area (Å²) < 4.78 is 11.0. The lowest BCUT2D eigenvalue weighted by Gasteiger charge is -2.23. The van der Waals surface area contributed by atoms with E-state index in [1.54, 1.807) is 18.2 Å². The first-order chi connectivity index (χ1) is 13.0. The lowest BCUT2D eigenvalue weighted by Crippen LogP contribution is -2.40. The molecule has 2 aromatic carbocycles. The molecule has 0 radical (unpaired) electrons. The molecule has 0 aliphatic carbocycles. The van der Waals surface area contributed by atoms with Crippen molar-refractivity contribution in [1.29, 1.82) is 0 Å². The number of rotatable bonds is 6. The molecular formula is C20H23N3O4. The molecule has 0 spiro atoms. The highest BCUT2D eigenvalue weighted by Gasteiger charge is 2.23. The summed E-state index contributed by atoms with van der Waals surface area (Å²) in [5.41, 5.74) is 1.46. The molecular weight excluding hydrogens is 346 g/mol. The second kappa shape index (κ2) is 8.55. The van der Waals surface area contributed by atoms with Gasteiger partial charge in [-0.15, -0.1) is 0 Å². The van der Waals surface area contributed by atoms with E-state index in [1.165, 1.54) is 0 Å². The number of carbonyl (C=O) groups is 2. The third-order valence-electron chi connectivity index (χ3n) is 4.13. The van der Waals surface area contributed by atoms with Crippen molar-refractivity contribution in [3.8, 4) is 11.5 Å². The molecule has 142 valence electrons. The third kappa shape index (κ3) is 4.77. The van der Waals surface area contributed by atoms with Crippen LogP contribution in [-0.2, 0) is 9.59 Å².